The molecule has 114 valence electrons. The molecule has 5 nitrogen and oxygen atoms in total. The summed E-state index contributed by atoms with van der Waals surface area (Å²) in [6, 6.07) is 8.28. The Morgan fingerprint density at radius 3 is 2.91 bits per heavy atom. The fraction of sp³-hybridized carbons (Fsp3) is 0.471. The molecule has 0 unspecified atom stereocenters. The number of nitrogens with zero attached hydrogens (tertiary/aromatic N) is 2. The minimum Gasteiger partial charge on any atom is -0.480 e. The second-order valence-corrected chi connectivity index (χ2v) is 6.13. The molecule has 0 bridgehead atoms. The van der Waals surface area contributed by atoms with E-state index in [1.54, 1.807) is 24.3 Å². The Morgan fingerprint density at radius 1 is 1.36 bits per heavy atom. The van der Waals surface area contributed by atoms with Crippen molar-refractivity contribution in [2.45, 2.75) is 31.7 Å². The average molecular weight is 298 g/mol. The molecule has 0 aromatic heterocycles. The van der Waals surface area contributed by atoms with Gasteiger partial charge >= 0.3 is 5.97 Å². The Hall–Kier alpha value is -2.35. The zero-order valence-corrected chi connectivity index (χ0v) is 12.2. The smallest absolute Gasteiger partial charge is 0.326 e. The van der Waals surface area contributed by atoms with Crippen LogP contribution < -0.4 is 0 Å². The second kappa shape index (κ2) is 5.80. The number of carbonyl (C=O) groups is 2. The van der Waals surface area contributed by atoms with Crippen LogP contribution in [-0.2, 0) is 11.2 Å². The van der Waals surface area contributed by atoms with Gasteiger partial charge in [-0.15, -0.1) is 0 Å². The van der Waals surface area contributed by atoms with Gasteiger partial charge in [0.05, 0.1) is 12.5 Å². The molecule has 5 heteroatoms. The molecule has 22 heavy (non-hydrogen) atoms. The van der Waals surface area contributed by atoms with Gasteiger partial charge in [0.2, 0.25) is 0 Å². The highest BCUT2D eigenvalue weighted by Gasteiger charge is 2.49. The van der Waals surface area contributed by atoms with Crippen LogP contribution in [-0.4, -0.2) is 34.5 Å². The van der Waals surface area contributed by atoms with E-state index in [9.17, 15) is 14.7 Å². The molecule has 2 fully saturated rings. The standard InChI is InChI=1S/C17H18N2O3/c18-8-7-11-3-1-4-12(9-11)16(20)19-10-13-5-2-6-14(13)15(19)17(21)22/h1,3-4,9,13-15H,2,5-7,10H2,(H,21,22)/t13-,14-,15-/m0/s1. The molecule has 2 aliphatic rings. The molecule has 1 amide bonds. The number of nitriles is 1. The van der Waals surface area contributed by atoms with Crippen LogP contribution in [0.5, 0.6) is 0 Å². The first kappa shape index (κ1) is 14.6. The van der Waals surface area contributed by atoms with Crippen LogP contribution in [0.3, 0.4) is 0 Å². The predicted molar refractivity (Wildman–Crippen MR) is 79.1 cm³/mol. The van der Waals surface area contributed by atoms with E-state index in [0.717, 1.165) is 24.8 Å². The van der Waals surface area contributed by atoms with Crippen molar-refractivity contribution < 1.29 is 14.7 Å². The summed E-state index contributed by atoms with van der Waals surface area (Å²) < 4.78 is 0. The lowest BCUT2D eigenvalue weighted by Gasteiger charge is -2.24. The van der Waals surface area contributed by atoms with Gasteiger partial charge in [-0.3, -0.25) is 4.79 Å². The second-order valence-electron chi connectivity index (χ2n) is 6.13. The Bertz CT molecular complexity index is 650. The lowest BCUT2D eigenvalue weighted by Crippen LogP contribution is -2.43. The monoisotopic (exact) mass is 298 g/mol. The summed E-state index contributed by atoms with van der Waals surface area (Å²) in [5.41, 5.74) is 1.25. The zero-order valence-electron chi connectivity index (χ0n) is 12.2. The maximum absolute atomic E-state index is 12.7. The number of hydrogen-bond acceptors (Lipinski definition) is 3. The van der Waals surface area contributed by atoms with Crippen molar-refractivity contribution >= 4 is 11.9 Å². The molecular weight excluding hydrogens is 280 g/mol. The predicted octanol–water partition coefficient (Wildman–Crippen LogP) is 2.08. The van der Waals surface area contributed by atoms with Gasteiger partial charge in [-0.2, -0.15) is 5.26 Å². The molecule has 1 aliphatic heterocycles. The topological polar surface area (TPSA) is 81.4 Å². The average Bonchev–Trinajstić information content (AvgIpc) is 3.07. The van der Waals surface area contributed by atoms with Gasteiger partial charge in [-0.25, -0.2) is 4.79 Å². The van der Waals surface area contributed by atoms with Gasteiger partial charge in [0.1, 0.15) is 6.04 Å². The molecule has 1 heterocycles. The van der Waals surface area contributed by atoms with Crippen LogP contribution in [0.15, 0.2) is 24.3 Å². The number of likely N-dealkylation sites (tertiary alicyclic amines) is 1. The first-order chi connectivity index (χ1) is 10.6. The SMILES string of the molecule is N#CCc1cccc(C(=O)N2C[C@@H]3CCC[C@@H]3[C@H]2C(=O)O)c1. The first-order valence-corrected chi connectivity index (χ1v) is 7.61. The number of carboxylic acid groups (broad SMARTS) is 1. The number of aliphatic carboxylic acids is 1. The number of benzene rings is 1. The Labute approximate surface area is 129 Å². The normalized spacial score (nSPS) is 26.5. The third kappa shape index (κ3) is 2.45. The van der Waals surface area contributed by atoms with E-state index in [4.69, 9.17) is 5.26 Å². The number of carbonyl (C=O) groups excluding carboxylic acids is 1. The van der Waals surface area contributed by atoms with Gasteiger partial charge in [-0.05, 0) is 42.4 Å². The van der Waals surface area contributed by atoms with Gasteiger partial charge in [0, 0.05) is 12.1 Å². The number of hydrogen-bond donors (Lipinski definition) is 1. The highest BCUT2D eigenvalue weighted by molar-refractivity contribution is 5.97. The minimum absolute atomic E-state index is 0.0868. The van der Waals surface area contributed by atoms with Crippen molar-refractivity contribution in [2.75, 3.05) is 6.54 Å². The fourth-order valence-corrected chi connectivity index (χ4v) is 3.90. The van der Waals surface area contributed by atoms with E-state index in [2.05, 4.69) is 6.07 Å². The van der Waals surface area contributed by atoms with Gasteiger partial charge in [0.15, 0.2) is 0 Å². The number of fused-ring (bicyclic) bond motifs is 1. The summed E-state index contributed by atoms with van der Waals surface area (Å²) in [6.45, 7) is 0.531. The summed E-state index contributed by atoms with van der Waals surface area (Å²) in [6.07, 6.45) is 3.19. The lowest BCUT2D eigenvalue weighted by molar-refractivity contribution is -0.142. The first-order valence-electron chi connectivity index (χ1n) is 7.61. The zero-order chi connectivity index (χ0) is 15.7. The summed E-state index contributed by atoms with van der Waals surface area (Å²) >= 11 is 0. The summed E-state index contributed by atoms with van der Waals surface area (Å²) in [7, 11) is 0. The summed E-state index contributed by atoms with van der Waals surface area (Å²) in [4.78, 5) is 25.9. The maximum Gasteiger partial charge on any atom is 0.326 e. The molecule has 0 spiro atoms. The van der Waals surface area contributed by atoms with E-state index >= 15 is 0 Å². The molecule has 3 rings (SSSR count). The van der Waals surface area contributed by atoms with Crippen LogP contribution in [0.4, 0.5) is 0 Å². The van der Waals surface area contributed by atoms with E-state index in [-0.39, 0.29) is 18.2 Å². The van der Waals surface area contributed by atoms with Crippen LogP contribution >= 0.6 is 0 Å². The van der Waals surface area contributed by atoms with Crippen LogP contribution in [0.25, 0.3) is 0 Å². The number of rotatable bonds is 3. The molecule has 1 aromatic carbocycles. The summed E-state index contributed by atoms with van der Waals surface area (Å²) in [5, 5.41) is 18.3. The minimum atomic E-state index is -0.907. The van der Waals surface area contributed by atoms with Crippen LogP contribution in [0.1, 0.15) is 35.2 Å². The molecule has 1 aliphatic carbocycles. The van der Waals surface area contributed by atoms with Gasteiger partial charge in [-0.1, -0.05) is 18.6 Å². The van der Waals surface area contributed by atoms with Crippen molar-refractivity contribution in [1.82, 2.24) is 4.90 Å². The van der Waals surface area contributed by atoms with Crippen molar-refractivity contribution in [3.63, 3.8) is 0 Å². The van der Waals surface area contributed by atoms with E-state index < -0.39 is 12.0 Å². The third-order valence-electron chi connectivity index (χ3n) is 4.86. The number of amides is 1. The van der Waals surface area contributed by atoms with Gasteiger partial charge in [0.25, 0.3) is 5.91 Å². The highest BCUT2D eigenvalue weighted by atomic mass is 16.4. The Balaban J connectivity index is 1.86. The van der Waals surface area contributed by atoms with Crippen molar-refractivity contribution in [3.8, 4) is 6.07 Å². The van der Waals surface area contributed by atoms with E-state index in [1.165, 1.54) is 4.90 Å². The van der Waals surface area contributed by atoms with Crippen LogP contribution in [0.2, 0.25) is 0 Å². The molecule has 1 N–H and O–H groups in total. The van der Waals surface area contributed by atoms with Gasteiger partial charge < -0.3 is 10.0 Å². The van der Waals surface area contributed by atoms with Crippen molar-refractivity contribution in [1.29, 1.82) is 5.26 Å². The molecular formula is C17H18N2O3. The molecule has 1 saturated carbocycles. The quantitative estimate of drug-likeness (QED) is 0.926. The highest BCUT2D eigenvalue weighted by Crippen LogP contribution is 2.42. The van der Waals surface area contributed by atoms with E-state index in [0.29, 0.717) is 18.0 Å². The maximum atomic E-state index is 12.7. The van der Waals surface area contributed by atoms with Crippen molar-refractivity contribution in [3.05, 3.63) is 35.4 Å². The molecule has 3 atom stereocenters. The third-order valence-corrected chi connectivity index (χ3v) is 4.86. The van der Waals surface area contributed by atoms with E-state index in [1.807, 2.05) is 0 Å². The van der Waals surface area contributed by atoms with Crippen molar-refractivity contribution in [2.24, 2.45) is 11.8 Å². The fourth-order valence-electron chi connectivity index (χ4n) is 3.90. The summed E-state index contributed by atoms with van der Waals surface area (Å²) in [5.74, 6) is -0.742. The lowest BCUT2D eigenvalue weighted by atomic mass is 9.94. The molecule has 0 radical (unpaired) electrons. The Kier molecular flexibility index (Phi) is 3.84. The Morgan fingerprint density at radius 2 is 2.18 bits per heavy atom. The van der Waals surface area contributed by atoms with Crippen LogP contribution in [0, 0.1) is 23.2 Å². The molecule has 1 saturated heterocycles. The largest absolute Gasteiger partial charge is 0.480 e. The number of carboxylic acids is 1. The molecule has 1 aromatic rings.